The van der Waals surface area contributed by atoms with Gasteiger partial charge in [-0.2, -0.15) is 5.10 Å². The Labute approximate surface area is 116 Å². The molecule has 0 bridgehead atoms. The SMILES string of the molecule is Cc1cc(-c2c(C)noc2C)n(-c2ccc(O)cc2)n1. The summed E-state index contributed by atoms with van der Waals surface area (Å²) in [5, 5.41) is 17.9. The maximum absolute atomic E-state index is 9.40. The standard InChI is InChI=1S/C15H15N3O2/c1-9-8-14(15-10(2)17-20-11(15)3)18(16-9)12-4-6-13(19)7-5-12/h4-8,19H,1-3H3. The summed E-state index contributed by atoms with van der Waals surface area (Å²) in [6.07, 6.45) is 0. The highest BCUT2D eigenvalue weighted by molar-refractivity contribution is 5.66. The van der Waals surface area contributed by atoms with Gasteiger partial charge in [-0.1, -0.05) is 5.16 Å². The van der Waals surface area contributed by atoms with Gasteiger partial charge in [0.15, 0.2) is 0 Å². The van der Waals surface area contributed by atoms with Crippen molar-refractivity contribution < 1.29 is 9.63 Å². The molecule has 1 aromatic carbocycles. The van der Waals surface area contributed by atoms with Gasteiger partial charge in [0.25, 0.3) is 0 Å². The molecule has 5 heteroatoms. The summed E-state index contributed by atoms with van der Waals surface area (Å²) in [5.74, 6) is 0.999. The van der Waals surface area contributed by atoms with Crippen molar-refractivity contribution in [2.75, 3.05) is 0 Å². The van der Waals surface area contributed by atoms with Crippen LogP contribution in [-0.2, 0) is 0 Å². The van der Waals surface area contributed by atoms with Gasteiger partial charge >= 0.3 is 0 Å². The maximum atomic E-state index is 9.40. The molecule has 102 valence electrons. The first-order chi connectivity index (χ1) is 9.56. The zero-order valence-corrected chi connectivity index (χ0v) is 11.6. The van der Waals surface area contributed by atoms with Crippen LogP contribution in [0.5, 0.6) is 5.75 Å². The summed E-state index contributed by atoms with van der Waals surface area (Å²) >= 11 is 0. The first kappa shape index (κ1) is 12.5. The van der Waals surface area contributed by atoms with Gasteiger partial charge in [-0.3, -0.25) is 0 Å². The van der Waals surface area contributed by atoms with Crippen molar-refractivity contribution >= 4 is 0 Å². The summed E-state index contributed by atoms with van der Waals surface area (Å²) in [6.45, 7) is 5.74. The lowest BCUT2D eigenvalue weighted by molar-refractivity contribution is 0.393. The van der Waals surface area contributed by atoms with Crippen LogP contribution in [0.25, 0.3) is 16.9 Å². The molecule has 5 nitrogen and oxygen atoms in total. The molecule has 0 unspecified atom stereocenters. The summed E-state index contributed by atoms with van der Waals surface area (Å²) in [6, 6.07) is 8.93. The van der Waals surface area contributed by atoms with Gasteiger partial charge in [0.1, 0.15) is 11.5 Å². The number of nitrogens with zero attached hydrogens (tertiary/aromatic N) is 3. The smallest absolute Gasteiger partial charge is 0.143 e. The van der Waals surface area contributed by atoms with E-state index in [1.165, 1.54) is 0 Å². The highest BCUT2D eigenvalue weighted by Crippen LogP contribution is 2.29. The highest BCUT2D eigenvalue weighted by atomic mass is 16.5. The molecule has 0 saturated carbocycles. The molecule has 0 aliphatic carbocycles. The Kier molecular flexibility index (Phi) is 2.82. The number of aromatic nitrogens is 3. The second-order valence-corrected chi connectivity index (χ2v) is 4.80. The molecular weight excluding hydrogens is 254 g/mol. The van der Waals surface area contributed by atoms with E-state index in [2.05, 4.69) is 10.3 Å². The van der Waals surface area contributed by atoms with Crippen LogP contribution >= 0.6 is 0 Å². The van der Waals surface area contributed by atoms with Crippen molar-refractivity contribution in [2.45, 2.75) is 20.8 Å². The minimum absolute atomic E-state index is 0.233. The van der Waals surface area contributed by atoms with Crippen LogP contribution in [0, 0.1) is 20.8 Å². The second kappa shape index (κ2) is 4.52. The van der Waals surface area contributed by atoms with E-state index >= 15 is 0 Å². The van der Waals surface area contributed by atoms with Crippen LogP contribution in [0.1, 0.15) is 17.1 Å². The molecule has 0 radical (unpaired) electrons. The molecule has 1 N–H and O–H groups in total. The fourth-order valence-corrected chi connectivity index (χ4v) is 2.32. The van der Waals surface area contributed by atoms with E-state index in [0.717, 1.165) is 34.1 Å². The molecule has 0 aliphatic heterocycles. The van der Waals surface area contributed by atoms with Crippen LogP contribution < -0.4 is 0 Å². The quantitative estimate of drug-likeness (QED) is 0.776. The number of aryl methyl sites for hydroxylation is 3. The van der Waals surface area contributed by atoms with Crippen LogP contribution in [0.2, 0.25) is 0 Å². The number of phenolic OH excluding ortho intramolecular Hbond substituents is 1. The van der Waals surface area contributed by atoms with E-state index in [1.807, 2.05) is 43.7 Å². The summed E-state index contributed by atoms with van der Waals surface area (Å²) in [7, 11) is 0. The van der Waals surface area contributed by atoms with Gasteiger partial charge in [-0.05, 0) is 51.1 Å². The average Bonchev–Trinajstić information content (AvgIpc) is 2.94. The van der Waals surface area contributed by atoms with Gasteiger partial charge < -0.3 is 9.63 Å². The largest absolute Gasteiger partial charge is 0.508 e. The first-order valence-electron chi connectivity index (χ1n) is 6.35. The zero-order chi connectivity index (χ0) is 14.3. The Balaban J connectivity index is 2.21. The van der Waals surface area contributed by atoms with Crippen molar-refractivity contribution in [1.82, 2.24) is 14.9 Å². The van der Waals surface area contributed by atoms with Crippen molar-refractivity contribution in [3.63, 3.8) is 0 Å². The predicted octanol–water partition coefficient (Wildman–Crippen LogP) is 3.16. The Morgan fingerprint density at radius 1 is 1.10 bits per heavy atom. The lowest BCUT2D eigenvalue weighted by Crippen LogP contribution is -1.99. The number of rotatable bonds is 2. The molecule has 0 fully saturated rings. The number of benzene rings is 1. The summed E-state index contributed by atoms with van der Waals surface area (Å²) < 4.78 is 7.07. The predicted molar refractivity (Wildman–Crippen MR) is 74.9 cm³/mol. The van der Waals surface area contributed by atoms with Gasteiger partial charge in [0.05, 0.1) is 28.3 Å². The van der Waals surface area contributed by atoms with Crippen LogP contribution in [0.15, 0.2) is 34.9 Å². The molecule has 0 amide bonds. The Bertz CT molecular complexity index is 735. The molecule has 3 aromatic rings. The highest BCUT2D eigenvalue weighted by Gasteiger charge is 2.17. The van der Waals surface area contributed by atoms with E-state index in [-0.39, 0.29) is 5.75 Å². The second-order valence-electron chi connectivity index (χ2n) is 4.80. The van der Waals surface area contributed by atoms with Crippen molar-refractivity contribution in [3.8, 4) is 22.7 Å². The Morgan fingerprint density at radius 2 is 1.80 bits per heavy atom. The third-order valence-electron chi connectivity index (χ3n) is 3.22. The van der Waals surface area contributed by atoms with E-state index < -0.39 is 0 Å². The fourth-order valence-electron chi connectivity index (χ4n) is 2.32. The topological polar surface area (TPSA) is 64.1 Å². The molecule has 2 aromatic heterocycles. The monoisotopic (exact) mass is 269 g/mol. The molecule has 0 spiro atoms. The van der Waals surface area contributed by atoms with Gasteiger partial charge in [-0.15, -0.1) is 0 Å². The van der Waals surface area contributed by atoms with Crippen LogP contribution in [0.3, 0.4) is 0 Å². The summed E-state index contributed by atoms with van der Waals surface area (Å²) in [4.78, 5) is 0. The minimum Gasteiger partial charge on any atom is -0.508 e. The maximum Gasteiger partial charge on any atom is 0.143 e. The van der Waals surface area contributed by atoms with E-state index in [0.29, 0.717) is 0 Å². The molecule has 20 heavy (non-hydrogen) atoms. The Morgan fingerprint density at radius 3 is 2.40 bits per heavy atom. The van der Waals surface area contributed by atoms with E-state index in [9.17, 15) is 5.11 Å². The molecule has 2 heterocycles. The Hall–Kier alpha value is -2.56. The van der Waals surface area contributed by atoms with Crippen LogP contribution in [-0.4, -0.2) is 20.0 Å². The number of aromatic hydroxyl groups is 1. The van der Waals surface area contributed by atoms with Gasteiger partial charge in [0.2, 0.25) is 0 Å². The van der Waals surface area contributed by atoms with Crippen molar-refractivity contribution in [2.24, 2.45) is 0 Å². The normalized spacial score (nSPS) is 10.9. The minimum atomic E-state index is 0.233. The summed E-state index contributed by atoms with van der Waals surface area (Å²) in [5.41, 5.74) is 4.52. The average molecular weight is 269 g/mol. The third-order valence-corrected chi connectivity index (χ3v) is 3.22. The molecule has 0 atom stereocenters. The van der Waals surface area contributed by atoms with Crippen molar-refractivity contribution in [3.05, 3.63) is 47.5 Å². The lowest BCUT2D eigenvalue weighted by atomic mass is 10.1. The molecular formula is C15H15N3O2. The number of hydrogen-bond acceptors (Lipinski definition) is 4. The lowest BCUT2D eigenvalue weighted by Gasteiger charge is -2.07. The molecule has 0 aliphatic rings. The zero-order valence-electron chi connectivity index (χ0n) is 11.6. The third kappa shape index (κ3) is 1.97. The van der Waals surface area contributed by atoms with E-state index in [1.54, 1.807) is 12.1 Å². The van der Waals surface area contributed by atoms with Crippen LogP contribution in [0.4, 0.5) is 0 Å². The first-order valence-corrected chi connectivity index (χ1v) is 6.35. The van der Waals surface area contributed by atoms with Gasteiger partial charge in [-0.25, -0.2) is 4.68 Å². The number of phenols is 1. The van der Waals surface area contributed by atoms with E-state index in [4.69, 9.17) is 4.52 Å². The fraction of sp³-hybridized carbons (Fsp3) is 0.200. The number of hydrogen-bond donors (Lipinski definition) is 1. The molecule has 3 rings (SSSR count). The van der Waals surface area contributed by atoms with Crippen molar-refractivity contribution in [1.29, 1.82) is 0 Å². The molecule has 0 saturated heterocycles. The van der Waals surface area contributed by atoms with Gasteiger partial charge in [0, 0.05) is 0 Å².